The molecule has 0 spiro atoms. The van der Waals surface area contributed by atoms with Gasteiger partial charge in [-0.3, -0.25) is 37.3 Å². The lowest BCUT2D eigenvalue weighted by Gasteiger charge is -2.21. The fraction of sp³-hybridized carbons (Fsp3) is 0.954. The fourth-order valence-corrected chi connectivity index (χ4v) is 15.0. The number of rotatable bonds is 84. The van der Waals surface area contributed by atoms with Gasteiger partial charge in [-0.05, 0) is 49.4 Å². The van der Waals surface area contributed by atoms with Crippen molar-refractivity contribution in [1.82, 2.24) is 0 Å². The van der Waals surface area contributed by atoms with Crippen molar-refractivity contribution in [1.29, 1.82) is 0 Å². The molecule has 0 aliphatic heterocycles. The van der Waals surface area contributed by atoms with E-state index in [4.69, 9.17) is 37.0 Å². The first-order valence-corrected chi connectivity index (χ1v) is 47.7. The molecule has 17 nitrogen and oxygen atoms in total. The second kappa shape index (κ2) is 75.7. The topological polar surface area (TPSA) is 237 Å². The first kappa shape index (κ1) is 104. The number of aliphatic hydroxyl groups excluding tert-OH is 1. The van der Waals surface area contributed by atoms with E-state index < -0.39 is 97.5 Å². The number of carbonyl (C=O) groups is 4. The number of esters is 4. The van der Waals surface area contributed by atoms with Gasteiger partial charge in [0, 0.05) is 25.7 Å². The molecular formula is C87H170O17P2. The summed E-state index contributed by atoms with van der Waals surface area (Å²) in [5.41, 5.74) is 0. The predicted octanol–water partition coefficient (Wildman–Crippen LogP) is 26.3. The number of carbonyl (C=O) groups excluding carboxylic acids is 4. The monoisotopic (exact) mass is 1550 g/mol. The molecule has 0 aliphatic carbocycles. The van der Waals surface area contributed by atoms with Crippen molar-refractivity contribution in [2.75, 3.05) is 39.6 Å². The Morgan fingerprint density at radius 1 is 0.264 bits per heavy atom. The van der Waals surface area contributed by atoms with E-state index in [-0.39, 0.29) is 25.7 Å². The Balaban J connectivity index is 5.22. The molecule has 0 aromatic rings. The van der Waals surface area contributed by atoms with Crippen LogP contribution in [-0.4, -0.2) is 96.7 Å². The smallest absolute Gasteiger partial charge is 0.462 e. The fourth-order valence-electron chi connectivity index (χ4n) is 13.5. The van der Waals surface area contributed by atoms with Crippen LogP contribution < -0.4 is 0 Å². The molecule has 0 amide bonds. The molecular weight excluding hydrogens is 1380 g/mol. The molecule has 0 aromatic heterocycles. The van der Waals surface area contributed by atoms with E-state index in [1.54, 1.807) is 0 Å². The van der Waals surface area contributed by atoms with E-state index in [2.05, 4.69) is 55.4 Å². The molecule has 630 valence electrons. The van der Waals surface area contributed by atoms with Crippen LogP contribution in [0.3, 0.4) is 0 Å². The average Bonchev–Trinajstić information content (AvgIpc) is 0.898. The van der Waals surface area contributed by atoms with Gasteiger partial charge in [-0.15, -0.1) is 0 Å². The molecule has 0 aliphatic rings. The van der Waals surface area contributed by atoms with Crippen LogP contribution in [0, 0.1) is 23.7 Å². The zero-order chi connectivity index (χ0) is 78.1. The largest absolute Gasteiger partial charge is 0.472 e. The van der Waals surface area contributed by atoms with E-state index in [0.717, 1.165) is 114 Å². The predicted molar refractivity (Wildman–Crippen MR) is 437 cm³/mol. The van der Waals surface area contributed by atoms with Crippen molar-refractivity contribution in [2.45, 2.75) is 472 Å². The average molecular weight is 1550 g/mol. The highest BCUT2D eigenvalue weighted by atomic mass is 31.2. The maximum atomic E-state index is 13.1. The summed E-state index contributed by atoms with van der Waals surface area (Å²) in [6.45, 7) is 14.3. The minimum absolute atomic E-state index is 0.107. The third-order valence-corrected chi connectivity index (χ3v) is 22.6. The second-order valence-electron chi connectivity index (χ2n) is 33.0. The first-order chi connectivity index (χ1) is 51.1. The lowest BCUT2D eigenvalue weighted by Crippen LogP contribution is -2.30. The number of phosphoric ester groups is 2. The summed E-state index contributed by atoms with van der Waals surface area (Å²) in [6.07, 6.45) is 65.3. The molecule has 4 unspecified atom stereocenters. The van der Waals surface area contributed by atoms with Crippen molar-refractivity contribution in [3.63, 3.8) is 0 Å². The Morgan fingerprint density at radius 3 is 0.670 bits per heavy atom. The number of aliphatic hydroxyl groups is 1. The number of ether oxygens (including phenoxy) is 4. The Hall–Kier alpha value is -1.94. The quantitative estimate of drug-likeness (QED) is 0.0222. The van der Waals surface area contributed by atoms with Crippen LogP contribution in [-0.2, 0) is 65.4 Å². The van der Waals surface area contributed by atoms with Crippen LogP contribution >= 0.6 is 15.6 Å². The zero-order valence-corrected chi connectivity index (χ0v) is 71.9. The molecule has 19 heteroatoms. The Kier molecular flexibility index (Phi) is 74.3. The highest BCUT2D eigenvalue weighted by Gasteiger charge is 2.31. The van der Waals surface area contributed by atoms with E-state index in [1.165, 1.54) is 250 Å². The minimum atomic E-state index is -4.97. The summed E-state index contributed by atoms with van der Waals surface area (Å²) in [7, 11) is -9.93. The van der Waals surface area contributed by atoms with E-state index >= 15 is 0 Å². The maximum Gasteiger partial charge on any atom is 0.472 e. The second-order valence-corrected chi connectivity index (χ2v) is 35.9. The molecule has 0 fully saturated rings. The van der Waals surface area contributed by atoms with Crippen molar-refractivity contribution in [3.05, 3.63) is 0 Å². The van der Waals surface area contributed by atoms with E-state index in [9.17, 15) is 43.2 Å². The normalized spacial score (nSPS) is 14.2. The first-order valence-electron chi connectivity index (χ1n) is 44.7. The van der Waals surface area contributed by atoms with Crippen LogP contribution in [0.2, 0.25) is 0 Å². The minimum Gasteiger partial charge on any atom is -0.462 e. The Bertz CT molecular complexity index is 2060. The lowest BCUT2D eigenvalue weighted by atomic mass is 9.99. The summed E-state index contributed by atoms with van der Waals surface area (Å²) < 4.78 is 68.9. The molecule has 0 radical (unpaired) electrons. The Labute approximate surface area is 651 Å². The van der Waals surface area contributed by atoms with Crippen molar-refractivity contribution < 1.29 is 80.2 Å². The number of unbranched alkanes of at least 4 members (excludes halogenated alkanes) is 49. The van der Waals surface area contributed by atoms with Gasteiger partial charge in [0.25, 0.3) is 0 Å². The number of phosphoric acid groups is 2. The summed E-state index contributed by atoms with van der Waals surface area (Å²) in [4.78, 5) is 73.2. The van der Waals surface area contributed by atoms with E-state index in [0.29, 0.717) is 31.6 Å². The van der Waals surface area contributed by atoms with Gasteiger partial charge in [-0.25, -0.2) is 9.13 Å². The number of hydrogen-bond acceptors (Lipinski definition) is 15. The lowest BCUT2D eigenvalue weighted by molar-refractivity contribution is -0.161. The maximum absolute atomic E-state index is 13.1. The molecule has 0 bridgehead atoms. The molecule has 3 N–H and O–H groups in total. The highest BCUT2D eigenvalue weighted by molar-refractivity contribution is 7.47. The van der Waals surface area contributed by atoms with Crippen molar-refractivity contribution in [3.8, 4) is 0 Å². The summed E-state index contributed by atoms with van der Waals surface area (Å²) >= 11 is 0. The van der Waals surface area contributed by atoms with Crippen LogP contribution in [0.4, 0.5) is 0 Å². The van der Waals surface area contributed by atoms with Crippen LogP contribution in [0.1, 0.15) is 453 Å². The van der Waals surface area contributed by atoms with Gasteiger partial charge < -0.3 is 33.8 Å². The zero-order valence-electron chi connectivity index (χ0n) is 70.1. The van der Waals surface area contributed by atoms with Gasteiger partial charge in [-0.1, -0.05) is 402 Å². The van der Waals surface area contributed by atoms with Gasteiger partial charge >= 0.3 is 39.5 Å². The molecule has 0 rings (SSSR count). The van der Waals surface area contributed by atoms with E-state index in [1.807, 2.05) is 0 Å². The van der Waals surface area contributed by atoms with Crippen molar-refractivity contribution in [2.24, 2.45) is 23.7 Å². The van der Waals surface area contributed by atoms with Gasteiger partial charge in [0.15, 0.2) is 12.2 Å². The van der Waals surface area contributed by atoms with Gasteiger partial charge in [0.1, 0.15) is 19.3 Å². The molecule has 0 aromatic carbocycles. The number of hydrogen-bond donors (Lipinski definition) is 3. The van der Waals surface area contributed by atoms with Gasteiger partial charge in [-0.2, -0.15) is 0 Å². The summed E-state index contributed by atoms with van der Waals surface area (Å²) in [5, 5.41) is 10.7. The molecule has 0 heterocycles. The third-order valence-electron chi connectivity index (χ3n) is 20.7. The van der Waals surface area contributed by atoms with Gasteiger partial charge in [0.05, 0.1) is 26.4 Å². The SMILES string of the molecule is CCC(C)CCCCCCCCCCCCCCCCCCCCC(=O)O[C@H](COC(=O)CCCCCCCCCCCCCCCC(C)C)COP(=O)(O)OCC(O)COP(=O)(O)OC[C@@H](COC(=O)CCCCCCCCCC(C)C)OC(=O)CCCCCCCCCCCCCCCCCC(C)C. The molecule has 0 saturated heterocycles. The standard InChI is InChI=1S/C87H170O17P2/c1-9-80(8)66-58-50-42-34-28-22-16-12-10-11-13-17-23-30-36-44-53-61-69-86(91)103-82(73-97-84(89)67-59-51-43-35-29-25-19-21-27-33-40-48-56-64-78(4)5)75-101-105(93,94)99-71-81(88)72-100-106(95,96)102-76-83(74-98-85(90)68-60-52-46-38-41-49-57-65-79(6)7)104-87(92)70-62-54-45-37-31-24-18-14-15-20-26-32-39-47-55-63-77(2)3/h77-83,88H,9-76H2,1-8H3,(H,93,94)(H,95,96)/t80?,81?,82-,83-/m1/s1. The third kappa shape index (κ3) is 78.7. The Morgan fingerprint density at radius 2 is 0.453 bits per heavy atom. The van der Waals surface area contributed by atoms with Crippen LogP contribution in [0.5, 0.6) is 0 Å². The molecule has 0 saturated carbocycles. The highest BCUT2D eigenvalue weighted by Crippen LogP contribution is 2.45. The van der Waals surface area contributed by atoms with Crippen LogP contribution in [0.15, 0.2) is 0 Å². The molecule has 6 atom stereocenters. The van der Waals surface area contributed by atoms with Crippen molar-refractivity contribution >= 4 is 39.5 Å². The molecule has 106 heavy (non-hydrogen) atoms. The van der Waals surface area contributed by atoms with Gasteiger partial charge in [0.2, 0.25) is 0 Å². The van der Waals surface area contributed by atoms with Crippen LogP contribution in [0.25, 0.3) is 0 Å². The summed E-state index contributed by atoms with van der Waals surface area (Å²) in [5.74, 6) is 1.06. The summed E-state index contributed by atoms with van der Waals surface area (Å²) in [6, 6.07) is 0.